The molecule has 5 heteroatoms. The molecule has 0 atom stereocenters. The molecule has 2 heterocycles. The number of hydrogen-bond acceptors (Lipinski definition) is 4. The zero-order chi connectivity index (χ0) is 12.7. The smallest absolute Gasteiger partial charge is 0.161 e. The van der Waals surface area contributed by atoms with Crippen LogP contribution in [0, 0.1) is 0 Å². The van der Waals surface area contributed by atoms with Crippen LogP contribution in [0.4, 0.5) is 11.6 Å². The summed E-state index contributed by atoms with van der Waals surface area (Å²) in [5.41, 5.74) is 3.42. The lowest BCUT2D eigenvalue weighted by Gasteiger charge is -2.07. The van der Waals surface area contributed by atoms with E-state index >= 15 is 0 Å². The van der Waals surface area contributed by atoms with E-state index < -0.39 is 0 Å². The van der Waals surface area contributed by atoms with Crippen LogP contribution in [0.2, 0.25) is 0 Å². The normalized spacial score (nSPS) is 13.7. The van der Waals surface area contributed by atoms with Crippen LogP contribution in [0.5, 0.6) is 0 Å². The summed E-state index contributed by atoms with van der Waals surface area (Å²) in [5.74, 6) is 1.71. The van der Waals surface area contributed by atoms with Crippen molar-refractivity contribution in [3.05, 3.63) is 41.9 Å². The summed E-state index contributed by atoms with van der Waals surface area (Å²) < 4.78 is 0. The van der Waals surface area contributed by atoms with E-state index in [1.165, 1.54) is 5.56 Å². The Morgan fingerprint density at radius 1 is 1.05 bits per heavy atom. The summed E-state index contributed by atoms with van der Waals surface area (Å²) in [4.78, 5) is 8.69. The number of aromatic nitrogens is 4. The number of nitrogens with zero attached hydrogens (tertiary/aromatic N) is 3. The second-order valence-corrected chi connectivity index (χ2v) is 4.74. The van der Waals surface area contributed by atoms with Crippen LogP contribution < -0.4 is 5.32 Å². The lowest BCUT2D eigenvalue weighted by Crippen LogP contribution is -2.01. The van der Waals surface area contributed by atoms with Crippen LogP contribution >= 0.6 is 0 Å². The van der Waals surface area contributed by atoms with Gasteiger partial charge in [-0.05, 0) is 31.4 Å². The Morgan fingerprint density at radius 3 is 3.00 bits per heavy atom. The highest BCUT2D eigenvalue weighted by atomic mass is 15.2. The van der Waals surface area contributed by atoms with Crippen molar-refractivity contribution in [2.75, 3.05) is 5.32 Å². The highest BCUT2D eigenvalue weighted by molar-refractivity contribution is 5.91. The number of rotatable bonds is 2. The molecule has 2 N–H and O–H groups in total. The van der Waals surface area contributed by atoms with Crippen molar-refractivity contribution in [1.29, 1.82) is 0 Å². The van der Waals surface area contributed by atoms with Crippen molar-refractivity contribution in [3.8, 4) is 0 Å². The summed E-state index contributed by atoms with van der Waals surface area (Å²) in [6, 6.07) is 8.06. The monoisotopic (exact) mass is 251 g/mol. The molecule has 0 saturated heterocycles. The summed E-state index contributed by atoms with van der Waals surface area (Å²) >= 11 is 0. The van der Waals surface area contributed by atoms with Gasteiger partial charge in [0.05, 0.1) is 5.52 Å². The molecular weight excluding hydrogens is 238 g/mol. The van der Waals surface area contributed by atoms with Crippen LogP contribution in [-0.4, -0.2) is 20.2 Å². The first-order chi connectivity index (χ1) is 9.42. The first-order valence-electron chi connectivity index (χ1n) is 6.45. The number of para-hydroxylation sites is 1. The fraction of sp³-hybridized carbons (Fsp3) is 0.214. The molecule has 0 amide bonds. The lowest BCUT2D eigenvalue weighted by molar-refractivity contribution is 0.899. The van der Waals surface area contributed by atoms with E-state index in [1.807, 2.05) is 24.3 Å². The van der Waals surface area contributed by atoms with Crippen molar-refractivity contribution in [2.45, 2.75) is 19.3 Å². The first-order valence-corrected chi connectivity index (χ1v) is 6.45. The number of benzene rings is 1. The van der Waals surface area contributed by atoms with E-state index in [1.54, 1.807) is 6.33 Å². The molecule has 19 heavy (non-hydrogen) atoms. The maximum Gasteiger partial charge on any atom is 0.161 e. The third-order valence-corrected chi connectivity index (χ3v) is 3.58. The minimum atomic E-state index is 0.823. The Balaban J connectivity index is 1.78. The van der Waals surface area contributed by atoms with E-state index in [9.17, 15) is 0 Å². The number of aryl methyl sites for hydroxylation is 1. The molecule has 0 spiro atoms. The molecule has 1 aliphatic carbocycles. The number of fused-ring (bicyclic) bond motifs is 2. The van der Waals surface area contributed by atoms with Gasteiger partial charge in [-0.1, -0.05) is 12.1 Å². The summed E-state index contributed by atoms with van der Waals surface area (Å²) in [5, 5.41) is 11.8. The van der Waals surface area contributed by atoms with Gasteiger partial charge < -0.3 is 5.32 Å². The van der Waals surface area contributed by atoms with E-state index in [2.05, 4.69) is 25.5 Å². The van der Waals surface area contributed by atoms with Crippen LogP contribution in [0.25, 0.3) is 10.9 Å². The Morgan fingerprint density at radius 2 is 2.00 bits per heavy atom. The largest absolute Gasteiger partial charge is 0.323 e. The number of nitrogens with one attached hydrogen (secondary N) is 2. The van der Waals surface area contributed by atoms with Gasteiger partial charge in [0.25, 0.3) is 0 Å². The van der Waals surface area contributed by atoms with Crippen molar-refractivity contribution in [3.63, 3.8) is 0 Å². The van der Waals surface area contributed by atoms with Crippen molar-refractivity contribution in [1.82, 2.24) is 20.2 Å². The molecule has 0 saturated carbocycles. The summed E-state index contributed by atoms with van der Waals surface area (Å²) in [7, 11) is 0. The van der Waals surface area contributed by atoms with E-state index in [0.717, 1.165) is 47.5 Å². The standard InChI is InChI=1S/C14H13N5/c1-2-6-12-10(4-1)14(19-18-12)17-13-9-5-3-7-11(9)15-8-16-13/h1-2,4,6,8H,3,5,7H2,(H2,15,16,17,18,19). The third-order valence-electron chi connectivity index (χ3n) is 3.58. The molecule has 4 rings (SSSR count). The molecule has 0 fully saturated rings. The average Bonchev–Trinajstić information content (AvgIpc) is 3.06. The minimum absolute atomic E-state index is 0.823. The SMILES string of the molecule is c1ccc2c(Nc3ncnc4c3CCC4)n[nH]c2c1. The van der Waals surface area contributed by atoms with E-state index in [0.29, 0.717) is 0 Å². The number of hydrogen-bond donors (Lipinski definition) is 2. The van der Waals surface area contributed by atoms with Crippen molar-refractivity contribution < 1.29 is 0 Å². The van der Waals surface area contributed by atoms with Gasteiger partial charge in [0.2, 0.25) is 0 Å². The van der Waals surface area contributed by atoms with Crippen LogP contribution in [0.15, 0.2) is 30.6 Å². The average molecular weight is 251 g/mol. The molecule has 94 valence electrons. The first kappa shape index (κ1) is 10.5. The molecule has 5 nitrogen and oxygen atoms in total. The molecule has 0 aliphatic heterocycles. The van der Waals surface area contributed by atoms with Gasteiger partial charge in [0.15, 0.2) is 5.82 Å². The summed E-state index contributed by atoms with van der Waals surface area (Å²) in [6.45, 7) is 0. The fourth-order valence-corrected chi connectivity index (χ4v) is 2.64. The zero-order valence-electron chi connectivity index (χ0n) is 10.3. The molecule has 0 unspecified atom stereocenters. The molecule has 0 bridgehead atoms. The van der Waals surface area contributed by atoms with Gasteiger partial charge in [-0.2, -0.15) is 5.10 Å². The van der Waals surface area contributed by atoms with E-state index in [-0.39, 0.29) is 0 Å². The van der Waals surface area contributed by atoms with Gasteiger partial charge in [0.1, 0.15) is 12.1 Å². The molecule has 1 aromatic carbocycles. The third kappa shape index (κ3) is 1.66. The van der Waals surface area contributed by atoms with Gasteiger partial charge in [-0.15, -0.1) is 0 Å². The Hall–Kier alpha value is -2.43. The molecule has 3 aromatic rings. The zero-order valence-corrected chi connectivity index (χ0v) is 10.3. The Kier molecular flexibility index (Phi) is 2.24. The maximum absolute atomic E-state index is 4.36. The number of anilines is 2. The van der Waals surface area contributed by atoms with Crippen LogP contribution in [-0.2, 0) is 12.8 Å². The molecule has 1 aliphatic rings. The second-order valence-electron chi connectivity index (χ2n) is 4.74. The van der Waals surface area contributed by atoms with Crippen LogP contribution in [0.1, 0.15) is 17.7 Å². The number of H-pyrrole nitrogens is 1. The van der Waals surface area contributed by atoms with Crippen molar-refractivity contribution >= 4 is 22.5 Å². The highest BCUT2D eigenvalue weighted by Gasteiger charge is 2.18. The predicted molar refractivity (Wildman–Crippen MR) is 73.4 cm³/mol. The van der Waals surface area contributed by atoms with Gasteiger partial charge in [-0.25, -0.2) is 9.97 Å². The maximum atomic E-state index is 4.36. The van der Waals surface area contributed by atoms with Crippen LogP contribution in [0.3, 0.4) is 0 Å². The fourth-order valence-electron chi connectivity index (χ4n) is 2.64. The quantitative estimate of drug-likeness (QED) is 0.734. The molecule has 2 aromatic heterocycles. The minimum Gasteiger partial charge on any atom is -0.323 e. The second kappa shape index (κ2) is 4.05. The van der Waals surface area contributed by atoms with Gasteiger partial charge >= 0.3 is 0 Å². The van der Waals surface area contributed by atoms with E-state index in [4.69, 9.17) is 0 Å². The number of aromatic amines is 1. The van der Waals surface area contributed by atoms with Gasteiger partial charge in [-0.3, -0.25) is 5.10 Å². The molecule has 0 radical (unpaired) electrons. The van der Waals surface area contributed by atoms with Crippen molar-refractivity contribution in [2.24, 2.45) is 0 Å². The lowest BCUT2D eigenvalue weighted by atomic mass is 10.2. The Labute approximate surface area is 110 Å². The highest BCUT2D eigenvalue weighted by Crippen LogP contribution is 2.29. The molecular formula is C14H13N5. The van der Waals surface area contributed by atoms with Gasteiger partial charge in [0, 0.05) is 16.6 Å². The topological polar surface area (TPSA) is 66.5 Å². The summed E-state index contributed by atoms with van der Waals surface area (Å²) in [6.07, 6.45) is 4.88. The Bertz CT molecular complexity index is 746. The predicted octanol–water partition coefficient (Wildman–Crippen LogP) is 2.59.